The molecular formula is C11H24FNOSi. The second kappa shape index (κ2) is 4.64. The second-order valence-electron chi connectivity index (χ2n) is 6.12. The molecule has 2 nitrogen and oxygen atoms in total. The SMILES string of the molecule is CC(C)(C)[Si](F)(CCNC=O)C(C)(C)C. The van der Waals surface area contributed by atoms with Crippen molar-refractivity contribution in [2.24, 2.45) is 0 Å². The Hall–Kier alpha value is -0.383. The number of hydrogen-bond acceptors (Lipinski definition) is 1. The number of hydrogen-bond donors (Lipinski definition) is 1. The molecule has 0 fully saturated rings. The highest BCUT2D eigenvalue weighted by Crippen LogP contribution is 2.53. The molecule has 0 aliphatic rings. The Bertz CT molecular complexity index is 204. The monoisotopic (exact) mass is 233 g/mol. The van der Waals surface area contributed by atoms with Crippen molar-refractivity contribution in [2.45, 2.75) is 57.7 Å². The van der Waals surface area contributed by atoms with Gasteiger partial charge in [0.25, 0.3) is 8.41 Å². The topological polar surface area (TPSA) is 29.1 Å². The normalized spacial score (nSPS) is 13.8. The smallest absolute Gasteiger partial charge is 0.259 e. The van der Waals surface area contributed by atoms with Crippen molar-refractivity contribution in [2.75, 3.05) is 6.54 Å². The molecule has 90 valence electrons. The quantitative estimate of drug-likeness (QED) is 0.343. The molecule has 0 aromatic carbocycles. The summed E-state index contributed by atoms with van der Waals surface area (Å²) in [5.74, 6) is 0. The molecule has 0 saturated heterocycles. The van der Waals surface area contributed by atoms with Gasteiger partial charge in [0.15, 0.2) is 0 Å². The molecule has 0 rings (SSSR count). The minimum Gasteiger partial charge on any atom is -0.359 e. The first-order valence-electron chi connectivity index (χ1n) is 5.42. The zero-order chi connectivity index (χ0) is 12.3. The third-order valence-electron chi connectivity index (χ3n) is 3.07. The van der Waals surface area contributed by atoms with Crippen molar-refractivity contribution in [3.63, 3.8) is 0 Å². The summed E-state index contributed by atoms with van der Waals surface area (Å²) in [5, 5.41) is 1.97. The van der Waals surface area contributed by atoms with E-state index < -0.39 is 8.41 Å². The molecule has 0 aliphatic heterocycles. The van der Waals surface area contributed by atoms with Gasteiger partial charge in [-0.25, -0.2) is 0 Å². The van der Waals surface area contributed by atoms with Gasteiger partial charge in [-0.3, -0.25) is 4.79 Å². The van der Waals surface area contributed by atoms with Crippen LogP contribution in [0.3, 0.4) is 0 Å². The van der Waals surface area contributed by atoms with E-state index in [-0.39, 0.29) is 10.1 Å². The van der Waals surface area contributed by atoms with Crippen LogP contribution in [0.5, 0.6) is 0 Å². The maximum Gasteiger partial charge on any atom is 0.259 e. The molecule has 0 radical (unpaired) electrons. The zero-order valence-corrected chi connectivity index (χ0v) is 11.8. The highest BCUT2D eigenvalue weighted by Gasteiger charge is 2.54. The lowest BCUT2D eigenvalue weighted by atomic mass is 10.2. The third kappa shape index (κ3) is 3.29. The maximum absolute atomic E-state index is 15.1. The molecule has 0 bridgehead atoms. The second-order valence-corrected chi connectivity index (χ2v) is 11.2. The summed E-state index contributed by atoms with van der Waals surface area (Å²) in [6, 6.07) is 0.485. The van der Waals surface area contributed by atoms with E-state index in [0.717, 1.165) is 0 Å². The Balaban J connectivity index is 4.81. The molecule has 0 aromatic heterocycles. The summed E-state index contributed by atoms with van der Waals surface area (Å²) in [5.41, 5.74) is 0. The van der Waals surface area contributed by atoms with E-state index in [2.05, 4.69) is 5.32 Å². The molecule has 4 heteroatoms. The van der Waals surface area contributed by atoms with Gasteiger partial charge in [-0.05, 0) is 16.1 Å². The summed E-state index contributed by atoms with van der Waals surface area (Å²) in [6.07, 6.45) is 0.639. The summed E-state index contributed by atoms with van der Waals surface area (Å²) in [7, 11) is -2.91. The fourth-order valence-electron chi connectivity index (χ4n) is 2.18. The van der Waals surface area contributed by atoms with Crippen LogP contribution in [0.15, 0.2) is 0 Å². The first-order valence-corrected chi connectivity index (χ1v) is 7.51. The van der Waals surface area contributed by atoms with Gasteiger partial charge in [0.05, 0.1) is 0 Å². The van der Waals surface area contributed by atoms with Crippen LogP contribution >= 0.6 is 0 Å². The lowest BCUT2D eigenvalue weighted by Gasteiger charge is -2.44. The molecule has 1 N–H and O–H groups in total. The van der Waals surface area contributed by atoms with Gasteiger partial charge in [0.2, 0.25) is 6.41 Å². The van der Waals surface area contributed by atoms with E-state index in [1.54, 1.807) is 0 Å². The summed E-state index contributed by atoms with van der Waals surface area (Å²) in [6.45, 7) is 12.2. The maximum atomic E-state index is 15.1. The van der Waals surface area contributed by atoms with Gasteiger partial charge in [-0.15, -0.1) is 0 Å². The average Bonchev–Trinajstić information content (AvgIpc) is 2.00. The van der Waals surface area contributed by atoms with E-state index in [1.807, 2.05) is 41.5 Å². The largest absolute Gasteiger partial charge is 0.359 e. The lowest BCUT2D eigenvalue weighted by molar-refractivity contribution is -0.109. The van der Waals surface area contributed by atoms with Crippen molar-refractivity contribution in [1.29, 1.82) is 0 Å². The van der Waals surface area contributed by atoms with Gasteiger partial charge < -0.3 is 9.42 Å². The predicted molar refractivity (Wildman–Crippen MR) is 65.2 cm³/mol. The third-order valence-corrected chi connectivity index (χ3v) is 8.77. The summed E-state index contributed by atoms with van der Waals surface area (Å²) >= 11 is 0. The Labute approximate surface area is 93.8 Å². The van der Waals surface area contributed by atoms with E-state index in [1.165, 1.54) is 0 Å². The van der Waals surface area contributed by atoms with Crippen LogP contribution in [0.4, 0.5) is 4.11 Å². The van der Waals surface area contributed by atoms with Crippen molar-refractivity contribution < 1.29 is 8.90 Å². The molecule has 0 aliphatic carbocycles. The van der Waals surface area contributed by atoms with E-state index in [4.69, 9.17) is 0 Å². The molecule has 0 aromatic rings. The molecule has 0 unspecified atom stereocenters. The van der Waals surface area contributed by atoms with Crippen molar-refractivity contribution in [3.8, 4) is 0 Å². The molecule has 0 atom stereocenters. The van der Waals surface area contributed by atoms with Crippen molar-refractivity contribution >= 4 is 14.8 Å². The zero-order valence-electron chi connectivity index (χ0n) is 10.8. The Morgan fingerprint density at radius 2 is 1.53 bits per heavy atom. The van der Waals surface area contributed by atoms with Crippen LogP contribution in [0.2, 0.25) is 16.1 Å². The van der Waals surface area contributed by atoms with Crippen LogP contribution in [-0.4, -0.2) is 21.4 Å². The number of carbonyl (C=O) groups excluding carboxylic acids is 1. The number of halogens is 1. The molecule has 0 heterocycles. The van der Waals surface area contributed by atoms with Gasteiger partial charge in [-0.1, -0.05) is 41.5 Å². The highest BCUT2D eigenvalue weighted by molar-refractivity contribution is 6.78. The van der Waals surface area contributed by atoms with Crippen LogP contribution in [0.1, 0.15) is 41.5 Å². The Morgan fingerprint density at radius 1 is 1.13 bits per heavy atom. The predicted octanol–water partition coefficient (Wildman–Crippen LogP) is 3.25. The summed E-state index contributed by atoms with van der Waals surface area (Å²) in [4.78, 5) is 10.2. The molecule has 0 saturated carbocycles. The number of amides is 1. The first-order chi connectivity index (χ1) is 6.56. The number of nitrogens with one attached hydrogen (secondary N) is 1. The minimum atomic E-state index is -2.91. The highest BCUT2D eigenvalue weighted by atomic mass is 28.4. The van der Waals surface area contributed by atoms with Gasteiger partial charge >= 0.3 is 0 Å². The Morgan fingerprint density at radius 3 is 1.80 bits per heavy atom. The standard InChI is InChI=1S/C11H24FNOSi/c1-10(2,3)15(12,11(4,5)6)8-7-13-9-14/h9H,7-8H2,1-6H3,(H,13,14). The first kappa shape index (κ1) is 14.6. The fraction of sp³-hybridized carbons (Fsp3) is 0.909. The van der Waals surface area contributed by atoms with Gasteiger partial charge in [0, 0.05) is 6.54 Å². The van der Waals surface area contributed by atoms with Crippen molar-refractivity contribution in [1.82, 2.24) is 5.32 Å². The van der Waals surface area contributed by atoms with Crippen LogP contribution in [0.25, 0.3) is 0 Å². The van der Waals surface area contributed by atoms with E-state index >= 15 is 4.11 Å². The fourth-order valence-corrected chi connectivity index (χ4v) is 6.42. The van der Waals surface area contributed by atoms with Crippen molar-refractivity contribution in [3.05, 3.63) is 0 Å². The molecule has 1 amide bonds. The van der Waals surface area contributed by atoms with Gasteiger partial charge in [0.1, 0.15) is 0 Å². The lowest BCUT2D eigenvalue weighted by Crippen LogP contribution is -2.49. The van der Waals surface area contributed by atoms with Gasteiger partial charge in [-0.2, -0.15) is 0 Å². The molecule has 15 heavy (non-hydrogen) atoms. The molecule has 0 spiro atoms. The van der Waals surface area contributed by atoms with Crippen LogP contribution in [0, 0.1) is 0 Å². The van der Waals surface area contributed by atoms with Crippen LogP contribution < -0.4 is 5.32 Å². The summed E-state index contributed by atoms with van der Waals surface area (Å²) < 4.78 is 15.1. The number of rotatable bonds is 4. The van der Waals surface area contributed by atoms with Crippen LogP contribution in [-0.2, 0) is 4.79 Å². The number of carbonyl (C=O) groups is 1. The Kier molecular flexibility index (Phi) is 4.52. The average molecular weight is 233 g/mol. The molecular weight excluding hydrogens is 209 g/mol. The minimum absolute atomic E-state index is 0.296. The van der Waals surface area contributed by atoms with E-state index in [0.29, 0.717) is 19.0 Å². The van der Waals surface area contributed by atoms with E-state index in [9.17, 15) is 4.79 Å².